The molecule has 1 rings (SSSR count). The fourth-order valence-electron chi connectivity index (χ4n) is 2.08. The lowest BCUT2D eigenvalue weighted by molar-refractivity contribution is -0.125. The highest BCUT2D eigenvalue weighted by Gasteiger charge is 2.34. The molecule has 1 fully saturated rings. The van der Waals surface area contributed by atoms with Crippen molar-refractivity contribution in [1.82, 2.24) is 4.90 Å². The van der Waals surface area contributed by atoms with E-state index in [9.17, 15) is 4.79 Å². The molecular formula is C11H21NO. The minimum absolute atomic E-state index is 0.202. The molecule has 0 amide bonds. The van der Waals surface area contributed by atoms with Crippen LogP contribution in [0.3, 0.4) is 0 Å². The zero-order valence-corrected chi connectivity index (χ0v) is 9.26. The molecule has 2 heteroatoms. The molecule has 0 spiro atoms. The molecular weight excluding hydrogens is 162 g/mol. The fraction of sp³-hybridized carbons (Fsp3) is 0.909. The molecule has 1 unspecified atom stereocenters. The predicted molar refractivity (Wildman–Crippen MR) is 54.7 cm³/mol. The highest BCUT2D eigenvalue weighted by atomic mass is 16.1. The Morgan fingerprint density at radius 2 is 2.15 bits per heavy atom. The first-order valence-corrected chi connectivity index (χ1v) is 5.21. The fourth-order valence-corrected chi connectivity index (χ4v) is 2.08. The van der Waals surface area contributed by atoms with Crippen molar-refractivity contribution in [3.05, 3.63) is 0 Å². The van der Waals surface area contributed by atoms with E-state index in [2.05, 4.69) is 25.8 Å². The zero-order valence-electron chi connectivity index (χ0n) is 9.26. The Hall–Kier alpha value is -0.370. The van der Waals surface area contributed by atoms with Gasteiger partial charge in [-0.05, 0) is 40.3 Å². The summed E-state index contributed by atoms with van der Waals surface area (Å²) in [6, 6.07) is 0. The van der Waals surface area contributed by atoms with E-state index in [0.29, 0.717) is 18.1 Å². The van der Waals surface area contributed by atoms with Gasteiger partial charge >= 0.3 is 0 Å². The number of carbonyl (C=O) groups is 1. The number of rotatable bonds is 2. The Labute approximate surface area is 81.3 Å². The van der Waals surface area contributed by atoms with Gasteiger partial charge in [-0.25, -0.2) is 0 Å². The summed E-state index contributed by atoms with van der Waals surface area (Å²) >= 11 is 0. The van der Waals surface area contributed by atoms with Crippen molar-refractivity contribution in [3.8, 4) is 0 Å². The first-order chi connectivity index (χ1) is 5.97. The van der Waals surface area contributed by atoms with Gasteiger partial charge in [0.2, 0.25) is 0 Å². The highest BCUT2D eigenvalue weighted by molar-refractivity contribution is 5.80. The van der Waals surface area contributed by atoms with Gasteiger partial charge in [-0.3, -0.25) is 4.79 Å². The van der Waals surface area contributed by atoms with Crippen molar-refractivity contribution in [3.63, 3.8) is 0 Å². The summed E-state index contributed by atoms with van der Waals surface area (Å²) in [5, 5.41) is 0. The third-order valence-electron chi connectivity index (χ3n) is 3.40. The molecule has 76 valence electrons. The summed E-state index contributed by atoms with van der Waals surface area (Å²) < 4.78 is 0. The maximum Gasteiger partial charge on any atom is 0.135 e. The minimum atomic E-state index is 0.202. The van der Waals surface area contributed by atoms with Crippen molar-refractivity contribution < 1.29 is 4.79 Å². The van der Waals surface area contributed by atoms with Gasteiger partial charge in [0.25, 0.3) is 0 Å². The Kier molecular flexibility index (Phi) is 3.12. The van der Waals surface area contributed by atoms with Crippen LogP contribution in [0.5, 0.6) is 0 Å². The van der Waals surface area contributed by atoms with Crippen LogP contribution in [0.1, 0.15) is 40.0 Å². The van der Waals surface area contributed by atoms with Gasteiger partial charge in [-0.1, -0.05) is 6.92 Å². The van der Waals surface area contributed by atoms with Gasteiger partial charge < -0.3 is 4.90 Å². The average Bonchev–Trinajstić information content (AvgIpc) is 2.08. The molecule has 1 atom stereocenters. The predicted octanol–water partition coefficient (Wildman–Crippen LogP) is 2.09. The molecule has 13 heavy (non-hydrogen) atoms. The van der Waals surface area contributed by atoms with Crippen molar-refractivity contribution >= 4 is 5.78 Å². The Morgan fingerprint density at radius 1 is 1.54 bits per heavy atom. The molecule has 1 aliphatic heterocycles. The quantitative estimate of drug-likeness (QED) is 0.653. The number of hydrogen-bond acceptors (Lipinski definition) is 2. The van der Waals surface area contributed by atoms with E-state index in [1.807, 2.05) is 6.92 Å². The second-order valence-corrected chi connectivity index (χ2v) is 4.74. The van der Waals surface area contributed by atoms with Crippen molar-refractivity contribution in [2.45, 2.75) is 45.6 Å². The van der Waals surface area contributed by atoms with Gasteiger partial charge in [0.15, 0.2) is 0 Å². The maximum absolute atomic E-state index is 11.5. The molecule has 0 N–H and O–H groups in total. The van der Waals surface area contributed by atoms with Crippen LogP contribution in [0.4, 0.5) is 0 Å². The summed E-state index contributed by atoms with van der Waals surface area (Å²) in [5.41, 5.74) is 0.202. The number of Topliss-reactive ketones (excluding diaryl/α,β-unsaturated/α-hetero) is 1. The summed E-state index contributed by atoms with van der Waals surface area (Å²) in [6.07, 6.45) is 2.77. The monoisotopic (exact) mass is 183 g/mol. The van der Waals surface area contributed by atoms with E-state index in [4.69, 9.17) is 0 Å². The third kappa shape index (κ3) is 2.31. The molecule has 1 saturated heterocycles. The lowest BCUT2D eigenvalue weighted by Gasteiger charge is -2.43. The van der Waals surface area contributed by atoms with Crippen LogP contribution in [-0.2, 0) is 4.79 Å². The van der Waals surface area contributed by atoms with Crippen LogP contribution < -0.4 is 0 Å². The molecule has 0 aliphatic carbocycles. The second-order valence-electron chi connectivity index (χ2n) is 4.74. The molecule has 2 nitrogen and oxygen atoms in total. The normalized spacial score (nSPS) is 28.8. The first kappa shape index (κ1) is 10.7. The van der Waals surface area contributed by atoms with Crippen LogP contribution in [0.2, 0.25) is 0 Å². The van der Waals surface area contributed by atoms with Crippen LogP contribution >= 0.6 is 0 Å². The molecule has 0 bridgehead atoms. The molecule has 0 aromatic carbocycles. The number of nitrogens with zero attached hydrogens (tertiary/aromatic N) is 1. The Bertz CT molecular complexity index is 198. The second kappa shape index (κ2) is 3.79. The average molecular weight is 183 g/mol. The first-order valence-electron chi connectivity index (χ1n) is 5.21. The minimum Gasteiger partial charge on any atom is -0.301 e. The topological polar surface area (TPSA) is 20.3 Å². The van der Waals surface area contributed by atoms with Crippen LogP contribution in [0.25, 0.3) is 0 Å². The molecule has 0 radical (unpaired) electrons. The Balaban J connectivity index is 2.60. The highest BCUT2D eigenvalue weighted by Crippen LogP contribution is 2.30. The Morgan fingerprint density at radius 3 is 2.62 bits per heavy atom. The molecule has 0 aromatic heterocycles. The summed E-state index contributed by atoms with van der Waals surface area (Å²) in [7, 11) is 2.15. The van der Waals surface area contributed by atoms with Gasteiger partial charge in [0.05, 0.1) is 0 Å². The number of likely N-dealkylation sites (tertiary alicyclic amines) is 1. The molecule has 1 aliphatic rings. The summed E-state index contributed by atoms with van der Waals surface area (Å²) in [4.78, 5) is 13.9. The maximum atomic E-state index is 11.5. The van der Waals surface area contributed by atoms with Gasteiger partial charge in [-0.2, -0.15) is 0 Å². The number of piperidine rings is 1. The largest absolute Gasteiger partial charge is 0.301 e. The lowest BCUT2D eigenvalue weighted by Crippen LogP contribution is -2.48. The van der Waals surface area contributed by atoms with E-state index in [1.54, 1.807) is 0 Å². The zero-order chi connectivity index (χ0) is 10.1. The van der Waals surface area contributed by atoms with E-state index in [-0.39, 0.29) is 5.54 Å². The van der Waals surface area contributed by atoms with Gasteiger partial charge in [0.1, 0.15) is 5.78 Å². The molecule has 0 saturated carbocycles. The standard InChI is InChI=1S/C11H21NO/c1-5-10(13)9-6-7-12(4)11(2,3)8-9/h9H,5-8H2,1-4H3. The number of hydrogen-bond donors (Lipinski definition) is 0. The number of ketones is 1. The van der Waals surface area contributed by atoms with E-state index in [0.717, 1.165) is 19.4 Å². The van der Waals surface area contributed by atoms with Crippen molar-refractivity contribution in [2.24, 2.45) is 5.92 Å². The van der Waals surface area contributed by atoms with Gasteiger partial charge in [0, 0.05) is 17.9 Å². The number of carbonyl (C=O) groups excluding carboxylic acids is 1. The van der Waals surface area contributed by atoms with E-state index >= 15 is 0 Å². The summed E-state index contributed by atoms with van der Waals surface area (Å²) in [6.45, 7) is 7.47. The molecule has 1 heterocycles. The van der Waals surface area contributed by atoms with Crippen LogP contribution in [0, 0.1) is 5.92 Å². The van der Waals surface area contributed by atoms with E-state index in [1.165, 1.54) is 0 Å². The van der Waals surface area contributed by atoms with Crippen molar-refractivity contribution in [1.29, 1.82) is 0 Å². The molecule has 0 aromatic rings. The lowest BCUT2D eigenvalue weighted by atomic mass is 9.80. The summed E-state index contributed by atoms with van der Waals surface area (Å²) in [5.74, 6) is 0.761. The van der Waals surface area contributed by atoms with Gasteiger partial charge in [-0.15, -0.1) is 0 Å². The van der Waals surface area contributed by atoms with Crippen LogP contribution in [-0.4, -0.2) is 29.8 Å². The third-order valence-corrected chi connectivity index (χ3v) is 3.40. The van der Waals surface area contributed by atoms with E-state index < -0.39 is 0 Å². The SMILES string of the molecule is CCC(=O)C1CCN(C)C(C)(C)C1. The van der Waals surface area contributed by atoms with Crippen LogP contribution in [0.15, 0.2) is 0 Å². The van der Waals surface area contributed by atoms with Crippen molar-refractivity contribution in [2.75, 3.05) is 13.6 Å². The smallest absolute Gasteiger partial charge is 0.135 e.